The van der Waals surface area contributed by atoms with Crippen LogP contribution in [0.2, 0.25) is 0 Å². The standard InChI is InChI=1S/C11H22N4O3/c1-3-9-7-15(14-13-9)6-4-5-12-11(18)10(17)8(2)16/h8-10,16-17H,3-7H2,1-2H3,(H,12,18)/t8-,9?,10?/m0/s1. The molecule has 18 heavy (non-hydrogen) atoms. The number of carbonyl (C=O) groups excluding carboxylic acids is 1. The maximum absolute atomic E-state index is 11.3. The molecule has 7 heteroatoms. The molecule has 1 heterocycles. The molecule has 7 nitrogen and oxygen atoms in total. The van der Waals surface area contributed by atoms with Crippen molar-refractivity contribution in [3.63, 3.8) is 0 Å². The second-order valence-corrected chi connectivity index (χ2v) is 4.51. The van der Waals surface area contributed by atoms with Crippen molar-refractivity contribution in [1.82, 2.24) is 10.3 Å². The van der Waals surface area contributed by atoms with E-state index in [4.69, 9.17) is 5.11 Å². The molecule has 1 aliphatic rings. The molecule has 3 atom stereocenters. The van der Waals surface area contributed by atoms with Gasteiger partial charge in [-0.05, 0) is 19.8 Å². The van der Waals surface area contributed by atoms with Gasteiger partial charge in [-0.15, -0.1) is 0 Å². The summed E-state index contributed by atoms with van der Waals surface area (Å²) in [6, 6.07) is 0.289. The number of hydrogen-bond donors (Lipinski definition) is 3. The molecule has 104 valence electrons. The summed E-state index contributed by atoms with van der Waals surface area (Å²) in [5.74, 6) is -0.542. The minimum atomic E-state index is -1.36. The zero-order chi connectivity index (χ0) is 13.5. The second kappa shape index (κ2) is 7.27. The summed E-state index contributed by atoms with van der Waals surface area (Å²) in [6.45, 7) is 5.46. The van der Waals surface area contributed by atoms with Crippen LogP contribution in [-0.2, 0) is 4.79 Å². The van der Waals surface area contributed by atoms with E-state index in [0.29, 0.717) is 6.54 Å². The molecular weight excluding hydrogens is 236 g/mol. The van der Waals surface area contributed by atoms with Gasteiger partial charge in [-0.3, -0.25) is 9.80 Å². The third kappa shape index (κ3) is 4.58. The summed E-state index contributed by atoms with van der Waals surface area (Å²) in [7, 11) is 0. The molecular formula is C11H22N4O3. The van der Waals surface area contributed by atoms with Crippen LogP contribution in [0, 0.1) is 0 Å². The molecule has 0 saturated carbocycles. The Hall–Kier alpha value is -1.21. The number of aliphatic hydroxyl groups is 2. The first-order chi connectivity index (χ1) is 8.54. The van der Waals surface area contributed by atoms with Crippen LogP contribution in [0.25, 0.3) is 0 Å². The fourth-order valence-corrected chi connectivity index (χ4v) is 1.61. The van der Waals surface area contributed by atoms with Gasteiger partial charge in [-0.2, -0.15) is 5.11 Å². The summed E-state index contributed by atoms with van der Waals surface area (Å²) in [4.78, 5) is 11.3. The molecule has 0 aromatic carbocycles. The van der Waals surface area contributed by atoms with Crippen molar-refractivity contribution in [3.8, 4) is 0 Å². The minimum Gasteiger partial charge on any atom is -0.390 e. The molecule has 0 spiro atoms. The number of aliphatic hydroxyl groups excluding tert-OH is 2. The Bertz CT molecular complexity index is 296. The van der Waals surface area contributed by atoms with Gasteiger partial charge in [0.1, 0.15) is 0 Å². The van der Waals surface area contributed by atoms with Crippen molar-refractivity contribution in [1.29, 1.82) is 0 Å². The molecule has 0 aromatic heterocycles. The van der Waals surface area contributed by atoms with E-state index < -0.39 is 18.1 Å². The van der Waals surface area contributed by atoms with Crippen LogP contribution in [0.5, 0.6) is 0 Å². The molecule has 1 rings (SSSR count). The number of hydrogen-bond acceptors (Lipinski definition) is 6. The molecule has 0 aromatic rings. The van der Waals surface area contributed by atoms with Crippen molar-refractivity contribution >= 4 is 5.91 Å². The normalized spacial score (nSPS) is 22.0. The van der Waals surface area contributed by atoms with Crippen molar-refractivity contribution in [2.24, 2.45) is 10.3 Å². The van der Waals surface area contributed by atoms with Crippen LogP contribution < -0.4 is 5.32 Å². The summed E-state index contributed by atoms with van der Waals surface area (Å²) in [5, 5.41) is 30.9. The highest BCUT2D eigenvalue weighted by atomic mass is 16.3. The number of amides is 1. The van der Waals surface area contributed by atoms with Crippen LogP contribution in [0.15, 0.2) is 10.3 Å². The topological polar surface area (TPSA) is 97.5 Å². The monoisotopic (exact) mass is 258 g/mol. The number of carbonyl (C=O) groups is 1. The Morgan fingerprint density at radius 3 is 2.83 bits per heavy atom. The Morgan fingerprint density at radius 2 is 2.28 bits per heavy atom. The smallest absolute Gasteiger partial charge is 0.251 e. The number of nitrogens with zero attached hydrogens (tertiary/aromatic N) is 3. The van der Waals surface area contributed by atoms with Gasteiger partial charge in [0.05, 0.1) is 18.7 Å². The molecule has 0 radical (unpaired) electrons. The summed E-state index contributed by atoms with van der Waals surface area (Å²) in [5.41, 5.74) is 0. The first-order valence-electron chi connectivity index (χ1n) is 6.34. The Balaban J connectivity index is 2.09. The molecule has 1 amide bonds. The van der Waals surface area contributed by atoms with Crippen molar-refractivity contribution in [3.05, 3.63) is 0 Å². The lowest BCUT2D eigenvalue weighted by molar-refractivity contribution is -0.134. The fourth-order valence-electron chi connectivity index (χ4n) is 1.61. The van der Waals surface area contributed by atoms with Gasteiger partial charge in [-0.25, -0.2) is 0 Å². The molecule has 0 fully saturated rings. The van der Waals surface area contributed by atoms with Crippen LogP contribution in [0.4, 0.5) is 0 Å². The molecule has 1 aliphatic heterocycles. The maximum atomic E-state index is 11.3. The van der Waals surface area contributed by atoms with E-state index in [9.17, 15) is 9.90 Å². The van der Waals surface area contributed by atoms with E-state index in [1.54, 1.807) is 0 Å². The van der Waals surface area contributed by atoms with E-state index in [0.717, 1.165) is 25.9 Å². The maximum Gasteiger partial charge on any atom is 0.251 e. The summed E-state index contributed by atoms with van der Waals surface area (Å²) < 4.78 is 0. The van der Waals surface area contributed by atoms with Crippen LogP contribution in [0.1, 0.15) is 26.7 Å². The third-order valence-corrected chi connectivity index (χ3v) is 2.85. The average Bonchev–Trinajstić information content (AvgIpc) is 2.81. The number of rotatable bonds is 7. The Labute approximate surface area is 107 Å². The van der Waals surface area contributed by atoms with Crippen LogP contribution in [0.3, 0.4) is 0 Å². The predicted molar refractivity (Wildman–Crippen MR) is 65.8 cm³/mol. The first-order valence-corrected chi connectivity index (χ1v) is 6.34. The van der Waals surface area contributed by atoms with Crippen LogP contribution in [-0.4, -0.2) is 59.0 Å². The lowest BCUT2D eigenvalue weighted by Crippen LogP contribution is -2.41. The SMILES string of the molecule is CCC1CN(CCCNC(=O)C(O)[C@H](C)O)N=N1. The van der Waals surface area contributed by atoms with Gasteiger partial charge >= 0.3 is 0 Å². The molecule has 0 saturated heterocycles. The van der Waals surface area contributed by atoms with E-state index >= 15 is 0 Å². The zero-order valence-corrected chi connectivity index (χ0v) is 10.9. The highest BCUT2D eigenvalue weighted by Gasteiger charge is 2.20. The summed E-state index contributed by atoms with van der Waals surface area (Å²) in [6.07, 6.45) is -0.700. The molecule has 0 aliphatic carbocycles. The van der Waals surface area contributed by atoms with Gasteiger partial charge < -0.3 is 15.5 Å². The highest BCUT2D eigenvalue weighted by Crippen LogP contribution is 2.11. The van der Waals surface area contributed by atoms with E-state index in [-0.39, 0.29) is 6.04 Å². The third-order valence-electron chi connectivity index (χ3n) is 2.85. The highest BCUT2D eigenvalue weighted by molar-refractivity contribution is 5.80. The Morgan fingerprint density at radius 1 is 1.56 bits per heavy atom. The van der Waals surface area contributed by atoms with Crippen molar-refractivity contribution in [2.75, 3.05) is 19.6 Å². The van der Waals surface area contributed by atoms with E-state index in [2.05, 4.69) is 22.6 Å². The van der Waals surface area contributed by atoms with E-state index in [1.165, 1.54) is 6.92 Å². The fraction of sp³-hybridized carbons (Fsp3) is 0.909. The predicted octanol–water partition coefficient (Wildman–Crippen LogP) is -0.304. The van der Waals surface area contributed by atoms with Gasteiger partial charge in [0.15, 0.2) is 6.10 Å². The van der Waals surface area contributed by atoms with Gasteiger partial charge in [0.2, 0.25) is 0 Å². The lowest BCUT2D eigenvalue weighted by Gasteiger charge is -2.15. The van der Waals surface area contributed by atoms with Crippen molar-refractivity contribution < 1.29 is 15.0 Å². The number of nitrogens with one attached hydrogen (secondary N) is 1. The zero-order valence-electron chi connectivity index (χ0n) is 10.9. The first kappa shape index (κ1) is 14.8. The summed E-state index contributed by atoms with van der Waals surface area (Å²) >= 11 is 0. The van der Waals surface area contributed by atoms with Gasteiger partial charge in [0.25, 0.3) is 5.91 Å². The molecule has 3 N–H and O–H groups in total. The minimum absolute atomic E-state index is 0.289. The Kier molecular flexibility index (Phi) is 6.00. The second-order valence-electron chi connectivity index (χ2n) is 4.51. The quantitative estimate of drug-likeness (QED) is 0.546. The van der Waals surface area contributed by atoms with Crippen molar-refractivity contribution in [2.45, 2.75) is 44.9 Å². The van der Waals surface area contributed by atoms with Crippen LogP contribution >= 0.6 is 0 Å². The largest absolute Gasteiger partial charge is 0.390 e. The average molecular weight is 258 g/mol. The van der Waals surface area contributed by atoms with Gasteiger partial charge in [0, 0.05) is 13.1 Å². The van der Waals surface area contributed by atoms with Gasteiger partial charge in [-0.1, -0.05) is 12.1 Å². The molecule has 2 unspecified atom stereocenters. The lowest BCUT2D eigenvalue weighted by atomic mass is 10.2. The molecule has 0 bridgehead atoms. The van der Waals surface area contributed by atoms with E-state index in [1.807, 2.05) is 5.01 Å².